The van der Waals surface area contributed by atoms with Gasteiger partial charge in [0, 0.05) is 28.2 Å². The fraction of sp³-hybridized carbons (Fsp3) is 0.286. The molecule has 0 saturated heterocycles. The molecule has 0 bridgehead atoms. The van der Waals surface area contributed by atoms with Crippen LogP contribution in [0.4, 0.5) is 5.69 Å². The van der Waals surface area contributed by atoms with Crippen LogP contribution in [0, 0.1) is 6.92 Å². The number of carbonyl (C=O) groups excluding carboxylic acids is 2. The molecule has 12 heteroatoms. The van der Waals surface area contributed by atoms with Gasteiger partial charge in [-0.15, -0.1) is 0 Å². The molecule has 0 aromatic heterocycles. The standard InChI is InChI=1S/C28H29Cl4N3O4S/c1-17(2)33-28(37)19(4)34(15-21-22(29)7-5-8-23(21)30)26(36)16-35(25-10-6-9-24(31)27(25)32)40(38,39)20-13-11-18(3)12-14-20/h5-14,17,19H,15-16H2,1-4H3,(H,33,37)/t19-/m0/s1. The maximum Gasteiger partial charge on any atom is 0.264 e. The second kappa shape index (κ2) is 13.4. The molecular weight excluding hydrogens is 616 g/mol. The summed E-state index contributed by atoms with van der Waals surface area (Å²) in [5.41, 5.74) is 1.28. The van der Waals surface area contributed by atoms with Crippen molar-refractivity contribution in [1.29, 1.82) is 0 Å². The first kappa shape index (κ1) is 32.0. The Kier molecular flexibility index (Phi) is 10.8. The average Bonchev–Trinajstić information content (AvgIpc) is 2.88. The van der Waals surface area contributed by atoms with Crippen molar-refractivity contribution in [2.45, 2.75) is 51.2 Å². The number of halogens is 4. The summed E-state index contributed by atoms with van der Waals surface area (Å²) >= 11 is 25.5. The van der Waals surface area contributed by atoms with Crippen LogP contribution in [0.25, 0.3) is 0 Å². The fourth-order valence-electron chi connectivity index (χ4n) is 3.88. The van der Waals surface area contributed by atoms with Crippen molar-refractivity contribution in [1.82, 2.24) is 10.2 Å². The topological polar surface area (TPSA) is 86.8 Å². The number of hydrogen-bond acceptors (Lipinski definition) is 4. The van der Waals surface area contributed by atoms with Gasteiger partial charge < -0.3 is 10.2 Å². The first-order valence-corrected chi connectivity index (χ1v) is 15.2. The third-order valence-corrected chi connectivity index (χ3v) is 9.37. The quantitative estimate of drug-likeness (QED) is 0.265. The number of carbonyl (C=O) groups is 2. The number of nitrogens with one attached hydrogen (secondary N) is 1. The predicted molar refractivity (Wildman–Crippen MR) is 162 cm³/mol. The number of benzene rings is 3. The van der Waals surface area contributed by atoms with Crippen molar-refractivity contribution in [3.63, 3.8) is 0 Å². The van der Waals surface area contributed by atoms with Crippen LogP contribution < -0.4 is 9.62 Å². The van der Waals surface area contributed by atoms with Crippen molar-refractivity contribution in [3.8, 4) is 0 Å². The van der Waals surface area contributed by atoms with Gasteiger partial charge in [0.25, 0.3) is 10.0 Å². The van der Waals surface area contributed by atoms with E-state index in [4.69, 9.17) is 46.4 Å². The molecule has 40 heavy (non-hydrogen) atoms. The average molecular weight is 645 g/mol. The smallest absolute Gasteiger partial charge is 0.264 e. The molecule has 1 N–H and O–H groups in total. The summed E-state index contributed by atoms with van der Waals surface area (Å²) in [6.45, 7) is 6.12. The van der Waals surface area contributed by atoms with Crippen molar-refractivity contribution < 1.29 is 18.0 Å². The number of hydrogen-bond donors (Lipinski definition) is 1. The minimum atomic E-state index is -4.30. The summed E-state index contributed by atoms with van der Waals surface area (Å²) < 4.78 is 28.7. The van der Waals surface area contributed by atoms with Crippen LogP contribution >= 0.6 is 46.4 Å². The number of anilines is 1. The van der Waals surface area contributed by atoms with E-state index in [2.05, 4.69) is 5.32 Å². The van der Waals surface area contributed by atoms with E-state index in [0.717, 1.165) is 9.87 Å². The lowest BCUT2D eigenvalue weighted by molar-refractivity contribution is -0.139. The predicted octanol–water partition coefficient (Wildman–Crippen LogP) is 6.75. The van der Waals surface area contributed by atoms with Crippen molar-refractivity contribution in [3.05, 3.63) is 91.9 Å². The van der Waals surface area contributed by atoms with Crippen LogP contribution in [0.2, 0.25) is 20.1 Å². The van der Waals surface area contributed by atoms with E-state index in [1.807, 2.05) is 6.92 Å². The first-order valence-electron chi connectivity index (χ1n) is 12.3. The lowest BCUT2D eigenvalue weighted by Crippen LogP contribution is -2.52. The number of sulfonamides is 1. The summed E-state index contributed by atoms with van der Waals surface area (Å²) in [6, 6.07) is 14.4. The van der Waals surface area contributed by atoms with Gasteiger partial charge in [-0.3, -0.25) is 13.9 Å². The van der Waals surface area contributed by atoms with Gasteiger partial charge in [0.1, 0.15) is 12.6 Å². The number of nitrogens with zero attached hydrogens (tertiary/aromatic N) is 2. The Morgan fingerprint density at radius 3 is 1.98 bits per heavy atom. The summed E-state index contributed by atoms with van der Waals surface area (Å²) in [6.07, 6.45) is 0. The maximum atomic E-state index is 14.0. The molecule has 3 aromatic carbocycles. The first-order chi connectivity index (χ1) is 18.7. The van der Waals surface area contributed by atoms with Gasteiger partial charge in [0.05, 0.1) is 20.6 Å². The van der Waals surface area contributed by atoms with Crippen LogP contribution in [-0.4, -0.2) is 43.8 Å². The molecular formula is C28H29Cl4N3O4S. The fourth-order valence-corrected chi connectivity index (χ4v) is 6.27. The molecule has 0 heterocycles. The van der Waals surface area contributed by atoms with Crippen molar-refractivity contribution in [2.75, 3.05) is 10.8 Å². The van der Waals surface area contributed by atoms with Gasteiger partial charge in [0.15, 0.2) is 0 Å². The monoisotopic (exact) mass is 643 g/mol. The van der Waals surface area contributed by atoms with Gasteiger partial charge in [-0.1, -0.05) is 76.2 Å². The minimum Gasteiger partial charge on any atom is -0.352 e. The number of aryl methyl sites for hydroxylation is 1. The summed E-state index contributed by atoms with van der Waals surface area (Å²) in [5.74, 6) is -1.12. The molecule has 214 valence electrons. The molecule has 7 nitrogen and oxygen atoms in total. The largest absolute Gasteiger partial charge is 0.352 e. The normalized spacial score (nSPS) is 12.2. The highest BCUT2D eigenvalue weighted by molar-refractivity contribution is 7.92. The Morgan fingerprint density at radius 2 is 1.40 bits per heavy atom. The zero-order valence-corrected chi connectivity index (χ0v) is 26.1. The Bertz CT molecular complexity index is 1480. The van der Waals surface area contributed by atoms with Crippen LogP contribution in [-0.2, 0) is 26.2 Å². The Balaban J connectivity index is 2.11. The lowest BCUT2D eigenvalue weighted by atomic mass is 10.1. The molecule has 0 fully saturated rings. The van der Waals surface area contributed by atoms with Crippen LogP contribution in [0.3, 0.4) is 0 Å². The molecule has 0 saturated carbocycles. The molecule has 0 aliphatic heterocycles. The van der Waals surface area contributed by atoms with Crippen molar-refractivity contribution >= 4 is 73.9 Å². The van der Waals surface area contributed by atoms with E-state index in [9.17, 15) is 18.0 Å². The third-order valence-electron chi connectivity index (χ3n) is 6.08. The van der Waals surface area contributed by atoms with Gasteiger partial charge in [-0.2, -0.15) is 0 Å². The number of rotatable bonds is 10. The van der Waals surface area contributed by atoms with Crippen LogP contribution in [0.15, 0.2) is 65.6 Å². The van der Waals surface area contributed by atoms with E-state index in [0.29, 0.717) is 15.6 Å². The van der Waals surface area contributed by atoms with E-state index < -0.39 is 34.4 Å². The van der Waals surface area contributed by atoms with Gasteiger partial charge in [-0.25, -0.2) is 8.42 Å². The van der Waals surface area contributed by atoms with Gasteiger partial charge in [-0.05, 0) is 64.1 Å². The van der Waals surface area contributed by atoms with E-state index in [1.165, 1.54) is 35.2 Å². The molecule has 1 atom stereocenters. The molecule has 0 aliphatic carbocycles. The molecule has 0 spiro atoms. The Morgan fingerprint density at radius 1 is 0.850 bits per heavy atom. The van der Waals surface area contributed by atoms with Crippen LogP contribution in [0.1, 0.15) is 31.9 Å². The highest BCUT2D eigenvalue weighted by Crippen LogP contribution is 2.36. The molecule has 0 unspecified atom stereocenters. The van der Waals surface area contributed by atoms with Gasteiger partial charge in [0.2, 0.25) is 11.8 Å². The molecule has 2 amide bonds. The second-order valence-corrected chi connectivity index (χ2v) is 12.9. The van der Waals surface area contributed by atoms with E-state index in [-0.39, 0.29) is 33.2 Å². The summed E-state index contributed by atoms with van der Waals surface area (Å²) in [7, 11) is -4.30. The number of amides is 2. The van der Waals surface area contributed by atoms with Crippen LogP contribution in [0.5, 0.6) is 0 Å². The maximum absolute atomic E-state index is 14.0. The van der Waals surface area contributed by atoms with E-state index >= 15 is 0 Å². The third kappa shape index (κ3) is 7.42. The lowest BCUT2D eigenvalue weighted by Gasteiger charge is -2.33. The van der Waals surface area contributed by atoms with Crippen molar-refractivity contribution in [2.24, 2.45) is 0 Å². The Labute approximate surface area is 255 Å². The minimum absolute atomic E-state index is 0.0121. The molecule has 0 radical (unpaired) electrons. The SMILES string of the molecule is Cc1ccc(S(=O)(=O)N(CC(=O)N(Cc2c(Cl)cccc2Cl)[C@@H](C)C(=O)NC(C)C)c2cccc(Cl)c2Cl)cc1. The second-order valence-electron chi connectivity index (χ2n) is 9.46. The molecule has 0 aliphatic rings. The Hall–Kier alpha value is -2.49. The summed E-state index contributed by atoms with van der Waals surface area (Å²) in [4.78, 5) is 28.2. The highest BCUT2D eigenvalue weighted by atomic mass is 35.5. The summed E-state index contributed by atoms with van der Waals surface area (Å²) in [5, 5.41) is 3.45. The van der Waals surface area contributed by atoms with E-state index in [1.54, 1.807) is 51.1 Å². The molecule has 3 rings (SSSR count). The highest BCUT2D eigenvalue weighted by Gasteiger charge is 2.34. The van der Waals surface area contributed by atoms with Gasteiger partial charge >= 0.3 is 0 Å². The molecule has 3 aromatic rings. The zero-order valence-electron chi connectivity index (χ0n) is 22.3. The zero-order chi connectivity index (χ0) is 29.8.